The molecule has 0 spiro atoms. The molecule has 18 heavy (non-hydrogen) atoms. The van der Waals surface area contributed by atoms with Crippen molar-refractivity contribution in [2.75, 3.05) is 20.7 Å². The fourth-order valence-electron chi connectivity index (χ4n) is 1.74. The summed E-state index contributed by atoms with van der Waals surface area (Å²) >= 11 is 0. The molecule has 4 nitrogen and oxygen atoms in total. The second-order valence-electron chi connectivity index (χ2n) is 4.58. The van der Waals surface area contributed by atoms with E-state index in [1.807, 2.05) is 31.3 Å². The van der Waals surface area contributed by atoms with Gasteiger partial charge in [-0.05, 0) is 26.1 Å². The monoisotopic (exact) mass is 251 g/mol. The average molecular weight is 251 g/mol. The molecule has 0 aliphatic heterocycles. The van der Waals surface area contributed by atoms with Crippen LogP contribution in [0.1, 0.15) is 18.9 Å². The molecule has 0 aliphatic rings. The van der Waals surface area contributed by atoms with Gasteiger partial charge in [0.2, 0.25) is 0 Å². The molecule has 1 aromatic rings. The Morgan fingerprint density at radius 1 is 1.44 bits per heavy atom. The van der Waals surface area contributed by atoms with E-state index in [4.69, 9.17) is 9.84 Å². The molecule has 0 heterocycles. The van der Waals surface area contributed by atoms with Crippen LogP contribution in [0.5, 0.6) is 5.75 Å². The van der Waals surface area contributed by atoms with Gasteiger partial charge in [-0.3, -0.25) is 4.79 Å². The quantitative estimate of drug-likeness (QED) is 0.807. The highest BCUT2D eigenvalue weighted by Gasteiger charge is 2.12. The number of carboxylic acids is 1. The van der Waals surface area contributed by atoms with Gasteiger partial charge in [-0.15, -0.1) is 0 Å². The number of ether oxygens (including phenoxy) is 1. The van der Waals surface area contributed by atoms with E-state index in [1.54, 1.807) is 14.0 Å². The maximum absolute atomic E-state index is 10.7. The fraction of sp³-hybridized carbons (Fsp3) is 0.500. The number of carbonyl (C=O) groups is 1. The highest BCUT2D eigenvalue weighted by Crippen LogP contribution is 2.19. The van der Waals surface area contributed by atoms with Crippen LogP contribution in [0.25, 0.3) is 0 Å². The molecule has 0 bridgehead atoms. The Bertz CT molecular complexity index is 392. The lowest BCUT2D eigenvalue weighted by molar-refractivity contribution is -0.141. The van der Waals surface area contributed by atoms with Crippen molar-refractivity contribution >= 4 is 5.97 Å². The molecule has 0 amide bonds. The Balaban J connectivity index is 2.49. The van der Waals surface area contributed by atoms with Crippen LogP contribution in [0.4, 0.5) is 0 Å². The second-order valence-corrected chi connectivity index (χ2v) is 4.58. The topological polar surface area (TPSA) is 49.8 Å². The number of hydrogen-bond acceptors (Lipinski definition) is 3. The van der Waals surface area contributed by atoms with Gasteiger partial charge >= 0.3 is 5.97 Å². The van der Waals surface area contributed by atoms with Gasteiger partial charge in [-0.2, -0.15) is 0 Å². The number of nitrogens with zero attached hydrogens (tertiary/aromatic N) is 1. The molecule has 0 aliphatic carbocycles. The summed E-state index contributed by atoms with van der Waals surface area (Å²) < 4.78 is 5.29. The minimum Gasteiger partial charge on any atom is -0.496 e. The first-order chi connectivity index (χ1) is 8.54. The van der Waals surface area contributed by atoms with Gasteiger partial charge in [0.1, 0.15) is 5.75 Å². The zero-order valence-corrected chi connectivity index (χ0v) is 11.2. The molecule has 0 saturated carbocycles. The summed E-state index contributed by atoms with van der Waals surface area (Å²) in [6.07, 6.45) is 0.654. The lowest BCUT2D eigenvalue weighted by Gasteiger charge is -2.19. The molecule has 100 valence electrons. The van der Waals surface area contributed by atoms with E-state index in [0.29, 0.717) is 6.42 Å². The average Bonchev–Trinajstić information content (AvgIpc) is 2.36. The molecule has 0 fully saturated rings. The van der Waals surface area contributed by atoms with E-state index >= 15 is 0 Å². The first-order valence-electron chi connectivity index (χ1n) is 6.07. The molecular weight excluding hydrogens is 230 g/mol. The lowest BCUT2D eigenvalue weighted by Crippen LogP contribution is -2.23. The standard InChI is InChI=1S/C14H21NO3/c1-11(14(16)17)8-9-15(2)10-12-6-4-5-7-13(12)18-3/h4-7,11H,8-10H2,1-3H3,(H,16,17). The Labute approximate surface area is 108 Å². The number of para-hydroxylation sites is 1. The van der Waals surface area contributed by atoms with Crippen molar-refractivity contribution in [3.05, 3.63) is 29.8 Å². The molecular formula is C14H21NO3. The zero-order chi connectivity index (χ0) is 13.5. The van der Waals surface area contributed by atoms with E-state index in [1.165, 1.54) is 0 Å². The van der Waals surface area contributed by atoms with Crippen LogP contribution in [0.3, 0.4) is 0 Å². The van der Waals surface area contributed by atoms with Gasteiger partial charge in [0.25, 0.3) is 0 Å². The summed E-state index contributed by atoms with van der Waals surface area (Å²) in [6, 6.07) is 7.87. The molecule has 1 rings (SSSR count). The fourth-order valence-corrected chi connectivity index (χ4v) is 1.74. The predicted octanol–water partition coefficient (Wildman–Crippen LogP) is 2.24. The Morgan fingerprint density at radius 2 is 2.11 bits per heavy atom. The molecule has 1 atom stereocenters. The van der Waals surface area contributed by atoms with Gasteiger partial charge in [0.15, 0.2) is 0 Å². The highest BCUT2D eigenvalue weighted by atomic mass is 16.5. The second kappa shape index (κ2) is 7.01. The molecule has 1 unspecified atom stereocenters. The van der Waals surface area contributed by atoms with E-state index in [9.17, 15) is 4.79 Å². The summed E-state index contributed by atoms with van der Waals surface area (Å²) in [5.74, 6) is -0.165. The van der Waals surface area contributed by atoms with Crippen LogP contribution >= 0.6 is 0 Å². The normalized spacial score (nSPS) is 12.4. The Hall–Kier alpha value is -1.55. The molecule has 1 N–H and O–H groups in total. The van der Waals surface area contributed by atoms with E-state index < -0.39 is 5.97 Å². The van der Waals surface area contributed by atoms with E-state index in [-0.39, 0.29) is 5.92 Å². The molecule has 0 radical (unpaired) electrons. The third-order valence-corrected chi connectivity index (χ3v) is 3.00. The summed E-state index contributed by atoms with van der Waals surface area (Å²) in [4.78, 5) is 12.8. The maximum atomic E-state index is 10.7. The van der Waals surface area contributed by atoms with Gasteiger partial charge in [-0.1, -0.05) is 25.1 Å². The maximum Gasteiger partial charge on any atom is 0.306 e. The number of hydrogen-bond donors (Lipinski definition) is 1. The number of carboxylic acid groups (broad SMARTS) is 1. The van der Waals surface area contributed by atoms with Crippen molar-refractivity contribution in [2.24, 2.45) is 5.92 Å². The molecule has 0 saturated heterocycles. The van der Waals surface area contributed by atoms with Crippen molar-refractivity contribution < 1.29 is 14.6 Å². The largest absolute Gasteiger partial charge is 0.496 e. The number of rotatable bonds is 7. The summed E-state index contributed by atoms with van der Waals surface area (Å²) in [5.41, 5.74) is 1.12. The van der Waals surface area contributed by atoms with Gasteiger partial charge in [-0.25, -0.2) is 0 Å². The lowest BCUT2D eigenvalue weighted by atomic mass is 10.1. The molecule has 0 aromatic heterocycles. The number of methoxy groups -OCH3 is 1. The Morgan fingerprint density at radius 3 is 2.72 bits per heavy atom. The minimum atomic E-state index is -0.735. The molecule has 4 heteroatoms. The summed E-state index contributed by atoms with van der Waals surface area (Å²) in [7, 11) is 3.65. The van der Waals surface area contributed by atoms with Crippen LogP contribution < -0.4 is 4.74 Å². The highest BCUT2D eigenvalue weighted by molar-refractivity contribution is 5.69. The number of aliphatic carboxylic acids is 1. The van der Waals surface area contributed by atoms with E-state index in [2.05, 4.69) is 4.90 Å². The van der Waals surface area contributed by atoms with Crippen molar-refractivity contribution in [1.29, 1.82) is 0 Å². The van der Waals surface area contributed by atoms with E-state index in [0.717, 1.165) is 24.4 Å². The van der Waals surface area contributed by atoms with Gasteiger partial charge in [0.05, 0.1) is 13.0 Å². The van der Waals surface area contributed by atoms with Crippen molar-refractivity contribution in [3.8, 4) is 5.75 Å². The van der Waals surface area contributed by atoms with Crippen LogP contribution in [0, 0.1) is 5.92 Å². The SMILES string of the molecule is COc1ccccc1CN(C)CCC(C)C(=O)O. The minimum absolute atomic E-state index is 0.301. The van der Waals surface area contributed by atoms with Gasteiger partial charge in [0, 0.05) is 12.1 Å². The Kier molecular flexibility index (Phi) is 5.65. The summed E-state index contributed by atoms with van der Waals surface area (Å²) in [6.45, 7) is 3.25. The van der Waals surface area contributed by atoms with Crippen molar-refractivity contribution in [2.45, 2.75) is 19.9 Å². The summed E-state index contributed by atoms with van der Waals surface area (Å²) in [5, 5.41) is 8.83. The first-order valence-corrected chi connectivity index (χ1v) is 6.07. The van der Waals surface area contributed by atoms with Gasteiger partial charge < -0.3 is 14.7 Å². The first kappa shape index (κ1) is 14.5. The van der Waals surface area contributed by atoms with Crippen molar-refractivity contribution in [1.82, 2.24) is 4.90 Å². The smallest absolute Gasteiger partial charge is 0.306 e. The zero-order valence-electron chi connectivity index (χ0n) is 11.2. The van der Waals surface area contributed by atoms with Crippen LogP contribution in [-0.4, -0.2) is 36.7 Å². The third-order valence-electron chi connectivity index (χ3n) is 3.00. The predicted molar refractivity (Wildman–Crippen MR) is 70.7 cm³/mol. The number of benzene rings is 1. The van der Waals surface area contributed by atoms with Crippen LogP contribution in [0.15, 0.2) is 24.3 Å². The van der Waals surface area contributed by atoms with Crippen LogP contribution in [-0.2, 0) is 11.3 Å². The third kappa shape index (κ3) is 4.37. The van der Waals surface area contributed by atoms with Crippen LogP contribution in [0.2, 0.25) is 0 Å². The molecule has 1 aromatic carbocycles. The van der Waals surface area contributed by atoms with Crippen molar-refractivity contribution in [3.63, 3.8) is 0 Å².